The van der Waals surface area contributed by atoms with Gasteiger partial charge in [-0.1, -0.05) is 12.8 Å². The van der Waals surface area contributed by atoms with Crippen molar-refractivity contribution in [2.75, 3.05) is 0 Å². The lowest BCUT2D eigenvalue weighted by Gasteiger charge is -2.19. The minimum absolute atomic E-state index is 0.0622. The van der Waals surface area contributed by atoms with Gasteiger partial charge in [-0.25, -0.2) is 0 Å². The van der Waals surface area contributed by atoms with E-state index in [1.165, 1.54) is 31.9 Å². The molecule has 1 aliphatic carbocycles. The van der Waals surface area contributed by atoms with Crippen molar-refractivity contribution in [2.24, 2.45) is 11.7 Å². The Hall–Kier alpha value is -1.29. The summed E-state index contributed by atoms with van der Waals surface area (Å²) in [5.74, 6) is 1.20. The Morgan fingerprint density at radius 1 is 1.59 bits per heavy atom. The van der Waals surface area contributed by atoms with Gasteiger partial charge in [0.05, 0.1) is 12.1 Å². The summed E-state index contributed by atoms with van der Waals surface area (Å²) < 4.78 is 5.16. The summed E-state index contributed by atoms with van der Waals surface area (Å²) in [6.45, 7) is 2.41. The van der Waals surface area contributed by atoms with Gasteiger partial charge in [0, 0.05) is 6.04 Å². The van der Waals surface area contributed by atoms with E-state index in [2.05, 4.69) is 12.2 Å². The van der Waals surface area contributed by atoms with Gasteiger partial charge in [0.25, 0.3) is 5.91 Å². The lowest BCUT2D eigenvalue weighted by Crippen LogP contribution is -2.37. The predicted molar refractivity (Wildman–Crippen MR) is 65.5 cm³/mol. The zero-order chi connectivity index (χ0) is 12.3. The van der Waals surface area contributed by atoms with E-state index in [9.17, 15) is 4.79 Å². The molecule has 1 amide bonds. The van der Waals surface area contributed by atoms with Gasteiger partial charge in [-0.15, -0.1) is 0 Å². The number of nitrogens with two attached hydrogens (primary N) is 1. The molecule has 0 saturated heterocycles. The van der Waals surface area contributed by atoms with Crippen LogP contribution in [0.2, 0.25) is 0 Å². The first-order valence-corrected chi connectivity index (χ1v) is 6.29. The molecule has 4 nitrogen and oxygen atoms in total. The summed E-state index contributed by atoms with van der Waals surface area (Å²) in [5, 5.41) is 3.04. The lowest BCUT2D eigenvalue weighted by atomic mass is 9.99. The van der Waals surface area contributed by atoms with Crippen molar-refractivity contribution in [3.63, 3.8) is 0 Å². The van der Waals surface area contributed by atoms with Crippen molar-refractivity contribution in [3.05, 3.63) is 23.7 Å². The Morgan fingerprint density at radius 2 is 2.29 bits per heavy atom. The van der Waals surface area contributed by atoms with Crippen LogP contribution in [0.5, 0.6) is 0 Å². The lowest BCUT2D eigenvalue weighted by molar-refractivity contribution is 0.0926. The fourth-order valence-corrected chi connectivity index (χ4v) is 2.47. The molecular formula is C13H20N2O2. The molecule has 4 heteroatoms. The van der Waals surface area contributed by atoms with Gasteiger partial charge >= 0.3 is 0 Å². The molecule has 1 fully saturated rings. The van der Waals surface area contributed by atoms with Gasteiger partial charge in [0.1, 0.15) is 12.0 Å². The quantitative estimate of drug-likeness (QED) is 0.840. The van der Waals surface area contributed by atoms with Crippen molar-refractivity contribution in [3.8, 4) is 0 Å². The number of carbonyl (C=O) groups is 1. The van der Waals surface area contributed by atoms with Crippen molar-refractivity contribution in [2.45, 2.75) is 45.2 Å². The van der Waals surface area contributed by atoms with E-state index in [1.807, 2.05) is 0 Å². The molecule has 3 N–H and O–H groups in total. The van der Waals surface area contributed by atoms with Gasteiger partial charge < -0.3 is 15.5 Å². The Kier molecular flexibility index (Phi) is 3.84. The highest BCUT2D eigenvalue weighted by Gasteiger charge is 2.23. The van der Waals surface area contributed by atoms with E-state index >= 15 is 0 Å². The molecule has 1 aromatic rings. The standard InChI is InChI=1S/C13H20N2O2/c1-9(10-4-2-3-5-10)15-13(16)11-6-12(7-14)17-8-11/h6,8-10H,2-5,7,14H2,1H3,(H,15,16). The van der Waals surface area contributed by atoms with Crippen LogP contribution in [0.25, 0.3) is 0 Å². The summed E-state index contributed by atoms with van der Waals surface area (Å²) in [7, 11) is 0. The molecule has 17 heavy (non-hydrogen) atoms. The summed E-state index contributed by atoms with van der Waals surface area (Å²) in [6.07, 6.45) is 6.49. The average molecular weight is 236 g/mol. The molecule has 0 aliphatic heterocycles. The van der Waals surface area contributed by atoms with Crippen LogP contribution in [0, 0.1) is 5.92 Å². The molecule has 94 valence electrons. The van der Waals surface area contributed by atoms with Crippen LogP contribution in [0.4, 0.5) is 0 Å². The molecule has 0 bridgehead atoms. The van der Waals surface area contributed by atoms with Crippen LogP contribution in [-0.2, 0) is 6.54 Å². The number of nitrogens with one attached hydrogen (secondary N) is 1. The Morgan fingerprint density at radius 3 is 2.88 bits per heavy atom. The van der Waals surface area contributed by atoms with E-state index in [1.54, 1.807) is 6.07 Å². The molecule has 0 radical (unpaired) electrons. The largest absolute Gasteiger partial charge is 0.467 e. The van der Waals surface area contributed by atoms with Crippen LogP contribution < -0.4 is 11.1 Å². The van der Waals surface area contributed by atoms with Crippen molar-refractivity contribution >= 4 is 5.91 Å². The Balaban J connectivity index is 1.91. The van der Waals surface area contributed by atoms with Crippen molar-refractivity contribution in [1.29, 1.82) is 0 Å². The van der Waals surface area contributed by atoms with E-state index in [0.29, 0.717) is 23.8 Å². The fourth-order valence-electron chi connectivity index (χ4n) is 2.47. The second-order valence-corrected chi connectivity index (χ2v) is 4.81. The Labute approximate surface area is 102 Å². The molecule has 0 aromatic carbocycles. The minimum Gasteiger partial charge on any atom is -0.467 e. The second-order valence-electron chi connectivity index (χ2n) is 4.81. The van der Waals surface area contributed by atoms with Gasteiger partial charge in [0.15, 0.2) is 0 Å². The number of furan rings is 1. The Bertz CT molecular complexity index is 381. The first-order valence-electron chi connectivity index (χ1n) is 6.29. The third-order valence-corrected chi connectivity index (χ3v) is 3.58. The molecule has 2 rings (SSSR count). The minimum atomic E-state index is -0.0622. The SMILES string of the molecule is CC(NC(=O)c1coc(CN)c1)C1CCCC1. The highest BCUT2D eigenvalue weighted by molar-refractivity contribution is 5.94. The topological polar surface area (TPSA) is 68.3 Å². The van der Waals surface area contributed by atoms with Gasteiger partial charge in [-0.2, -0.15) is 0 Å². The maximum absolute atomic E-state index is 11.9. The zero-order valence-electron chi connectivity index (χ0n) is 10.2. The molecule has 0 spiro atoms. The molecule has 1 aliphatic rings. The highest BCUT2D eigenvalue weighted by Crippen LogP contribution is 2.27. The second kappa shape index (κ2) is 5.36. The molecular weight excluding hydrogens is 216 g/mol. The van der Waals surface area contributed by atoms with Crippen LogP contribution in [-0.4, -0.2) is 11.9 Å². The first-order chi connectivity index (χ1) is 8.20. The van der Waals surface area contributed by atoms with Crippen LogP contribution in [0.15, 0.2) is 16.7 Å². The maximum Gasteiger partial charge on any atom is 0.254 e. The monoisotopic (exact) mass is 236 g/mol. The van der Waals surface area contributed by atoms with Gasteiger partial charge in [-0.3, -0.25) is 4.79 Å². The predicted octanol–water partition coefficient (Wildman–Crippen LogP) is 2.05. The van der Waals surface area contributed by atoms with Crippen molar-refractivity contribution < 1.29 is 9.21 Å². The number of rotatable bonds is 4. The maximum atomic E-state index is 11.9. The van der Waals surface area contributed by atoms with E-state index in [0.717, 1.165) is 0 Å². The summed E-state index contributed by atoms with van der Waals surface area (Å²) in [5.41, 5.74) is 6.00. The molecule has 1 aromatic heterocycles. The fraction of sp³-hybridized carbons (Fsp3) is 0.615. The molecule has 1 atom stereocenters. The third kappa shape index (κ3) is 2.88. The highest BCUT2D eigenvalue weighted by atomic mass is 16.3. The number of hydrogen-bond donors (Lipinski definition) is 2. The molecule has 1 saturated carbocycles. The van der Waals surface area contributed by atoms with Crippen molar-refractivity contribution in [1.82, 2.24) is 5.32 Å². The summed E-state index contributed by atoms with van der Waals surface area (Å²) >= 11 is 0. The number of hydrogen-bond acceptors (Lipinski definition) is 3. The molecule has 1 unspecified atom stereocenters. The summed E-state index contributed by atoms with van der Waals surface area (Å²) in [6, 6.07) is 1.94. The number of carbonyl (C=O) groups excluding carboxylic acids is 1. The normalized spacial score (nSPS) is 18.2. The molecule has 1 heterocycles. The van der Waals surface area contributed by atoms with Crippen LogP contribution in [0.3, 0.4) is 0 Å². The van der Waals surface area contributed by atoms with Crippen LogP contribution in [0.1, 0.15) is 48.7 Å². The first kappa shape index (κ1) is 12.2. The zero-order valence-corrected chi connectivity index (χ0v) is 10.2. The smallest absolute Gasteiger partial charge is 0.254 e. The van der Waals surface area contributed by atoms with Gasteiger partial charge in [-0.05, 0) is 31.7 Å². The average Bonchev–Trinajstić information content (AvgIpc) is 3.00. The van der Waals surface area contributed by atoms with Gasteiger partial charge in [0.2, 0.25) is 0 Å². The third-order valence-electron chi connectivity index (χ3n) is 3.58. The van der Waals surface area contributed by atoms with Crippen LogP contribution >= 0.6 is 0 Å². The van der Waals surface area contributed by atoms with E-state index < -0.39 is 0 Å². The van der Waals surface area contributed by atoms with E-state index in [-0.39, 0.29) is 11.9 Å². The summed E-state index contributed by atoms with van der Waals surface area (Å²) in [4.78, 5) is 11.9. The van der Waals surface area contributed by atoms with E-state index in [4.69, 9.17) is 10.2 Å². The number of amides is 1.